The van der Waals surface area contributed by atoms with Gasteiger partial charge in [-0.25, -0.2) is 9.78 Å². The molecule has 0 spiro atoms. The van der Waals surface area contributed by atoms with Gasteiger partial charge in [-0.1, -0.05) is 32.0 Å². The van der Waals surface area contributed by atoms with Crippen LogP contribution >= 0.6 is 11.3 Å². The summed E-state index contributed by atoms with van der Waals surface area (Å²) in [5.74, 6) is -0.392. The molecule has 1 aromatic heterocycles. The summed E-state index contributed by atoms with van der Waals surface area (Å²) in [6.07, 6.45) is 1.90. The van der Waals surface area contributed by atoms with Crippen molar-refractivity contribution in [3.05, 3.63) is 39.9 Å². The Kier molecular flexibility index (Phi) is 4.96. The van der Waals surface area contributed by atoms with Crippen LogP contribution in [0.2, 0.25) is 0 Å². The third kappa shape index (κ3) is 3.24. The second kappa shape index (κ2) is 6.72. The summed E-state index contributed by atoms with van der Waals surface area (Å²) < 4.78 is 4.75. The maximum Gasteiger partial charge on any atom is 0.357 e. The molecular weight excluding hydrogens is 284 g/mol. The molecule has 2 aromatic rings. The van der Waals surface area contributed by atoms with Gasteiger partial charge in [-0.15, -0.1) is 11.3 Å². The number of thiazole rings is 1. The molecule has 0 saturated heterocycles. The van der Waals surface area contributed by atoms with Crippen molar-refractivity contribution < 1.29 is 9.53 Å². The van der Waals surface area contributed by atoms with Crippen LogP contribution in [0.15, 0.2) is 18.2 Å². The van der Waals surface area contributed by atoms with Crippen molar-refractivity contribution in [1.29, 1.82) is 0 Å². The fraction of sp³-hybridized carbons (Fsp3) is 0.375. The van der Waals surface area contributed by atoms with Gasteiger partial charge in [-0.3, -0.25) is 0 Å². The van der Waals surface area contributed by atoms with Gasteiger partial charge in [0.15, 0.2) is 10.8 Å². The molecule has 0 radical (unpaired) electrons. The zero-order valence-corrected chi connectivity index (χ0v) is 13.6. The van der Waals surface area contributed by atoms with E-state index in [1.54, 1.807) is 0 Å². The van der Waals surface area contributed by atoms with E-state index in [-0.39, 0.29) is 0 Å². The number of hydrogen-bond acceptors (Lipinski definition) is 5. The molecule has 21 heavy (non-hydrogen) atoms. The molecule has 1 N–H and O–H groups in total. The Morgan fingerprint density at radius 2 is 1.90 bits per heavy atom. The summed E-state index contributed by atoms with van der Waals surface area (Å²) in [6.45, 7) is 6.14. The van der Waals surface area contributed by atoms with E-state index in [2.05, 4.69) is 42.3 Å². The molecule has 1 heterocycles. The molecule has 112 valence electrons. The minimum Gasteiger partial charge on any atom is -0.464 e. The summed E-state index contributed by atoms with van der Waals surface area (Å²) in [6, 6.07) is 6.31. The van der Waals surface area contributed by atoms with Crippen molar-refractivity contribution in [3.8, 4) is 0 Å². The molecule has 0 atom stereocenters. The van der Waals surface area contributed by atoms with E-state index in [4.69, 9.17) is 4.74 Å². The number of nitrogens with zero attached hydrogens (tertiary/aromatic N) is 1. The van der Waals surface area contributed by atoms with Gasteiger partial charge in [0, 0.05) is 10.6 Å². The lowest BCUT2D eigenvalue weighted by Gasteiger charge is -2.13. The first-order valence-corrected chi connectivity index (χ1v) is 7.85. The highest BCUT2D eigenvalue weighted by Crippen LogP contribution is 2.30. The Balaban J connectivity index is 2.36. The second-order valence-electron chi connectivity index (χ2n) is 4.70. The number of rotatable bonds is 5. The molecular formula is C16H20N2O2S. The first kappa shape index (κ1) is 15.5. The summed E-state index contributed by atoms with van der Waals surface area (Å²) in [7, 11) is 1.37. The van der Waals surface area contributed by atoms with Crippen LogP contribution in [-0.2, 0) is 17.6 Å². The number of ether oxygens (including phenoxy) is 1. The molecule has 0 bridgehead atoms. The lowest BCUT2D eigenvalue weighted by atomic mass is 10.0. The minimum atomic E-state index is -0.392. The van der Waals surface area contributed by atoms with Crippen molar-refractivity contribution in [1.82, 2.24) is 4.98 Å². The Morgan fingerprint density at radius 1 is 1.29 bits per heavy atom. The van der Waals surface area contributed by atoms with Gasteiger partial charge >= 0.3 is 5.97 Å². The van der Waals surface area contributed by atoms with Crippen LogP contribution in [-0.4, -0.2) is 18.1 Å². The molecule has 0 aliphatic carbocycles. The molecule has 0 amide bonds. The number of carbonyl (C=O) groups is 1. The number of esters is 1. The van der Waals surface area contributed by atoms with E-state index in [1.165, 1.54) is 29.6 Å². The first-order valence-electron chi connectivity index (χ1n) is 7.04. The van der Waals surface area contributed by atoms with E-state index in [0.717, 1.165) is 28.5 Å². The summed E-state index contributed by atoms with van der Waals surface area (Å²) >= 11 is 1.47. The normalized spacial score (nSPS) is 10.5. The van der Waals surface area contributed by atoms with Gasteiger partial charge in [0.2, 0.25) is 0 Å². The third-order valence-corrected chi connectivity index (χ3v) is 4.29. The monoisotopic (exact) mass is 304 g/mol. The van der Waals surface area contributed by atoms with E-state index in [1.807, 2.05) is 6.92 Å². The quantitative estimate of drug-likeness (QED) is 0.845. The fourth-order valence-electron chi connectivity index (χ4n) is 2.25. The molecule has 0 saturated carbocycles. The van der Waals surface area contributed by atoms with E-state index in [0.29, 0.717) is 5.69 Å². The number of benzene rings is 1. The average molecular weight is 304 g/mol. The lowest BCUT2D eigenvalue weighted by Crippen LogP contribution is -2.04. The van der Waals surface area contributed by atoms with Crippen molar-refractivity contribution in [2.75, 3.05) is 12.4 Å². The highest BCUT2D eigenvalue weighted by atomic mass is 32.1. The molecule has 4 nitrogen and oxygen atoms in total. The Hall–Kier alpha value is -1.88. The maximum atomic E-state index is 11.6. The molecule has 2 rings (SSSR count). The highest BCUT2D eigenvalue weighted by Gasteiger charge is 2.17. The van der Waals surface area contributed by atoms with Crippen molar-refractivity contribution in [3.63, 3.8) is 0 Å². The standard InChI is InChI=1S/C16H20N2O2S/c1-5-11-8-7-9-12(6-2)14(11)18-16-17-13(10(3)21-16)15(19)20-4/h7-9H,5-6H2,1-4H3,(H,17,18). The van der Waals surface area contributed by atoms with Crippen LogP contribution in [0.3, 0.4) is 0 Å². The van der Waals surface area contributed by atoms with Gasteiger partial charge in [-0.05, 0) is 30.9 Å². The first-order chi connectivity index (χ1) is 10.1. The molecule has 5 heteroatoms. The van der Waals surface area contributed by atoms with Gasteiger partial charge in [-0.2, -0.15) is 0 Å². The Labute approximate surface area is 129 Å². The largest absolute Gasteiger partial charge is 0.464 e. The number of aromatic nitrogens is 1. The number of hydrogen-bond donors (Lipinski definition) is 1. The van der Waals surface area contributed by atoms with Gasteiger partial charge in [0.05, 0.1) is 7.11 Å². The zero-order chi connectivity index (χ0) is 15.4. The number of aryl methyl sites for hydroxylation is 3. The van der Waals surface area contributed by atoms with E-state index < -0.39 is 5.97 Å². The van der Waals surface area contributed by atoms with Gasteiger partial charge in [0.25, 0.3) is 0 Å². The predicted octanol–water partition coefficient (Wildman–Crippen LogP) is 4.11. The van der Waals surface area contributed by atoms with Crippen LogP contribution in [0, 0.1) is 6.92 Å². The van der Waals surface area contributed by atoms with E-state index >= 15 is 0 Å². The summed E-state index contributed by atoms with van der Waals surface area (Å²) in [4.78, 5) is 16.9. The SMILES string of the molecule is CCc1cccc(CC)c1Nc1nc(C(=O)OC)c(C)s1. The van der Waals surface area contributed by atoms with Gasteiger partial charge < -0.3 is 10.1 Å². The van der Waals surface area contributed by atoms with E-state index in [9.17, 15) is 4.79 Å². The zero-order valence-electron chi connectivity index (χ0n) is 12.8. The van der Waals surface area contributed by atoms with Crippen LogP contribution in [0.4, 0.5) is 10.8 Å². The maximum absolute atomic E-state index is 11.6. The summed E-state index contributed by atoms with van der Waals surface area (Å²) in [5, 5.41) is 4.11. The predicted molar refractivity (Wildman–Crippen MR) is 86.7 cm³/mol. The second-order valence-corrected chi connectivity index (χ2v) is 5.90. The number of carbonyl (C=O) groups excluding carboxylic acids is 1. The number of nitrogens with one attached hydrogen (secondary N) is 1. The number of methoxy groups -OCH3 is 1. The van der Waals surface area contributed by atoms with Crippen LogP contribution in [0.5, 0.6) is 0 Å². The number of para-hydroxylation sites is 1. The van der Waals surface area contributed by atoms with Crippen LogP contribution < -0.4 is 5.32 Å². The van der Waals surface area contributed by atoms with Gasteiger partial charge in [0.1, 0.15) is 0 Å². The minimum absolute atomic E-state index is 0.386. The van der Waals surface area contributed by atoms with Crippen molar-refractivity contribution in [2.45, 2.75) is 33.6 Å². The molecule has 1 aromatic carbocycles. The van der Waals surface area contributed by atoms with Crippen LogP contribution in [0.1, 0.15) is 40.3 Å². The Morgan fingerprint density at radius 3 is 2.43 bits per heavy atom. The highest BCUT2D eigenvalue weighted by molar-refractivity contribution is 7.15. The smallest absolute Gasteiger partial charge is 0.357 e. The van der Waals surface area contributed by atoms with Crippen molar-refractivity contribution in [2.24, 2.45) is 0 Å². The topological polar surface area (TPSA) is 51.2 Å². The lowest BCUT2D eigenvalue weighted by molar-refractivity contribution is 0.0594. The molecule has 0 aliphatic rings. The fourth-order valence-corrected chi connectivity index (χ4v) is 3.05. The van der Waals surface area contributed by atoms with Crippen LogP contribution in [0.25, 0.3) is 0 Å². The number of anilines is 2. The third-order valence-electron chi connectivity index (χ3n) is 3.41. The molecule has 0 fully saturated rings. The molecule has 0 aliphatic heterocycles. The average Bonchev–Trinajstić information content (AvgIpc) is 2.87. The Bertz CT molecular complexity index is 627. The molecule has 0 unspecified atom stereocenters. The van der Waals surface area contributed by atoms with Crippen molar-refractivity contribution >= 4 is 28.1 Å². The summed E-state index contributed by atoms with van der Waals surface area (Å²) in [5.41, 5.74) is 3.99.